The van der Waals surface area contributed by atoms with Crippen LogP contribution in [0, 0.1) is 0 Å². The van der Waals surface area contributed by atoms with Gasteiger partial charge in [-0.15, -0.1) is 0 Å². The summed E-state index contributed by atoms with van der Waals surface area (Å²) in [6.45, 7) is 3.03. The summed E-state index contributed by atoms with van der Waals surface area (Å²) in [6, 6.07) is 0. The Balaban J connectivity index is 2.45. The summed E-state index contributed by atoms with van der Waals surface area (Å²) in [7, 11) is 5.41. The molecule has 0 unspecified atom stereocenters. The third-order valence-corrected chi connectivity index (χ3v) is 2.56. The van der Waals surface area contributed by atoms with Crippen LogP contribution >= 0.6 is 8.92 Å². The Kier molecular flexibility index (Phi) is 8.10. The van der Waals surface area contributed by atoms with Gasteiger partial charge in [-0.3, -0.25) is 0 Å². The van der Waals surface area contributed by atoms with Crippen LogP contribution in [0.2, 0.25) is 0 Å². The molecule has 0 N–H and O–H groups in total. The van der Waals surface area contributed by atoms with E-state index in [1.165, 1.54) is 12.8 Å². The van der Waals surface area contributed by atoms with Crippen LogP contribution in [-0.4, -0.2) is 27.0 Å². The molecule has 43 valence electrons. The first-order chi connectivity index (χ1) is 3.41. The molecule has 0 aliphatic carbocycles. The fraction of sp³-hybridized carbons (Fsp3) is 1.00. The van der Waals surface area contributed by atoms with E-state index in [2.05, 4.69) is 6.92 Å². The SMILES string of the molecule is CCCC[O][SnH][Cl]. The normalized spacial score (nSPS) is 9.43. The van der Waals surface area contributed by atoms with Gasteiger partial charge in [-0.1, -0.05) is 0 Å². The maximum atomic E-state index is 5.41. The summed E-state index contributed by atoms with van der Waals surface area (Å²) >= 11 is -0.990. The van der Waals surface area contributed by atoms with E-state index in [0.717, 1.165) is 6.61 Å². The van der Waals surface area contributed by atoms with Crippen molar-refractivity contribution in [2.75, 3.05) is 6.61 Å². The molecule has 0 saturated heterocycles. The molecule has 1 nitrogen and oxygen atoms in total. The van der Waals surface area contributed by atoms with Gasteiger partial charge in [0.05, 0.1) is 0 Å². The van der Waals surface area contributed by atoms with Gasteiger partial charge in [0.2, 0.25) is 0 Å². The van der Waals surface area contributed by atoms with Gasteiger partial charge in [-0.05, 0) is 0 Å². The first-order valence-corrected chi connectivity index (χ1v) is 7.97. The summed E-state index contributed by atoms with van der Waals surface area (Å²) in [5.74, 6) is 0. The third-order valence-electron chi connectivity index (χ3n) is 0.679. The molecule has 0 aromatic carbocycles. The van der Waals surface area contributed by atoms with E-state index in [9.17, 15) is 0 Å². The first kappa shape index (κ1) is 8.05. The van der Waals surface area contributed by atoms with Gasteiger partial charge < -0.3 is 0 Å². The molecule has 1 radical (unpaired) electrons. The number of hydrogen-bond acceptors (Lipinski definition) is 1. The molecule has 0 heterocycles. The van der Waals surface area contributed by atoms with Crippen LogP contribution in [0.4, 0.5) is 0 Å². The zero-order valence-corrected chi connectivity index (χ0v) is 8.54. The molecular formula is C4H10ClOSn. The maximum absolute atomic E-state index is 5.41. The van der Waals surface area contributed by atoms with Crippen molar-refractivity contribution in [1.29, 1.82) is 0 Å². The van der Waals surface area contributed by atoms with Gasteiger partial charge in [0, 0.05) is 0 Å². The van der Waals surface area contributed by atoms with Crippen molar-refractivity contribution in [1.82, 2.24) is 0 Å². The van der Waals surface area contributed by atoms with Crippen molar-refractivity contribution in [3.63, 3.8) is 0 Å². The molecule has 0 aliphatic heterocycles. The van der Waals surface area contributed by atoms with Crippen LogP contribution < -0.4 is 0 Å². The van der Waals surface area contributed by atoms with Crippen LogP contribution in [0.25, 0.3) is 0 Å². The molecule has 0 aromatic heterocycles. The van der Waals surface area contributed by atoms with E-state index in [4.69, 9.17) is 12.0 Å². The Labute approximate surface area is 58.9 Å². The van der Waals surface area contributed by atoms with Crippen molar-refractivity contribution >= 4 is 29.4 Å². The van der Waals surface area contributed by atoms with Gasteiger partial charge in [0.1, 0.15) is 0 Å². The Bertz CT molecular complexity index is 30.9. The molecule has 7 heavy (non-hydrogen) atoms. The summed E-state index contributed by atoms with van der Waals surface area (Å²) in [6.07, 6.45) is 2.37. The second-order valence-corrected chi connectivity index (χ2v) is 3.97. The molecule has 0 aliphatic rings. The average Bonchev–Trinajstić information content (AvgIpc) is 1.69. The van der Waals surface area contributed by atoms with Crippen molar-refractivity contribution in [3.05, 3.63) is 0 Å². The number of hydrogen-bond donors (Lipinski definition) is 0. The fourth-order valence-corrected chi connectivity index (χ4v) is 1.60. The first-order valence-electron chi connectivity index (χ1n) is 2.45. The summed E-state index contributed by atoms with van der Waals surface area (Å²) < 4.78 is 5.03. The molecule has 3 heteroatoms. The van der Waals surface area contributed by atoms with E-state index >= 15 is 0 Å². The van der Waals surface area contributed by atoms with Crippen LogP contribution in [0.5, 0.6) is 0 Å². The molecule has 0 fully saturated rings. The monoisotopic (exact) mass is 229 g/mol. The summed E-state index contributed by atoms with van der Waals surface area (Å²) in [5, 5.41) is 0. The van der Waals surface area contributed by atoms with E-state index in [0.29, 0.717) is 0 Å². The zero-order chi connectivity index (χ0) is 5.54. The van der Waals surface area contributed by atoms with Crippen LogP contribution in [0.1, 0.15) is 19.8 Å². The van der Waals surface area contributed by atoms with Crippen molar-refractivity contribution in [3.8, 4) is 0 Å². The minimum atomic E-state index is -0.990. The van der Waals surface area contributed by atoms with Gasteiger partial charge in [-0.2, -0.15) is 0 Å². The topological polar surface area (TPSA) is 9.23 Å². The molecule has 0 amide bonds. The van der Waals surface area contributed by atoms with E-state index in [1.54, 1.807) is 0 Å². The molecule has 0 spiro atoms. The number of rotatable bonds is 4. The Morgan fingerprint density at radius 3 is 2.86 bits per heavy atom. The molecule has 0 bridgehead atoms. The van der Waals surface area contributed by atoms with Crippen molar-refractivity contribution in [2.45, 2.75) is 19.8 Å². The van der Waals surface area contributed by atoms with Crippen LogP contribution in [0.15, 0.2) is 0 Å². The molecule has 0 saturated carbocycles. The fourth-order valence-electron chi connectivity index (χ4n) is 0.272. The van der Waals surface area contributed by atoms with Crippen LogP contribution in [-0.2, 0) is 3.07 Å². The third kappa shape index (κ3) is 7.05. The summed E-state index contributed by atoms with van der Waals surface area (Å²) in [4.78, 5) is 0. The van der Waals surface area contributed by atoms with Crippen molar-refractivity contribution in [2.24, 2.45) is 0 Å². The molecular weight excluding hydrogens is 218 g/mol. The van der Waals surface area contributed by atoms with Gasteiger partial charge >= 0.3 is 58.8 Å². The predicted octanol–water partition coefficient (Wildman–Crippen LogP) is 1.31. The Morgan fingerprint density at radius 1 is 1.71 bits per heavy atom. The second-order valence-electron chi connectivity index (χ2n) is 1.31. The zero-order valence-electron chi connectivity index (χ0n) is 4.48. The van der Waals surface area contributed by atoms with E-state index in [1.807, 2.05) is 0 Å². The van der Waals surface area contributed by atoms with Gasteiger partial charge in [0.15, 0.2) is 0 Å². The average molecular weight is 228 g/mol. The standard InChI is InChI=1S/C4H9O.ClH.Sn.H/c1-2-3-4-5;;;/h2-4H2,1H3;1H;;/q-1;;+2;/p-1. The van der Waals surface area contributed by atoms with Crippen LogP contribution in [0.3, 0.4) is 0 Å². The molecule has 0 aromatic rings. The molecule has 0 atom stereocenters. The van der Waals surface area contributed by atoms with Gasteiger partial charge in [0.25, 0.3) is 0 Å². The Hall–Kier alpha value is 1.05. The molecule has 0 rings (SSSR count). The second kappa shape index (κ2) is 7.05. The summed E-state index contributed by atoms with van der Waals surface area (Å²) in [5.41, 5.74) is 0. The van der Waals surface area contributed by atoms with Gasteiger partial charge in [-0.25, -0.2) is 0 Å². The van der Waals surface area contributed by atoms with E-state index < -0.39 is 20.4 Å². The van der Waals surface area contributed by atoms with Crippen molar-refractivity contribution < 1.29 is 3.07 Å². The van der Waals surface area contributed by atoms with E-state index in [-0.39, 0.29) is 0 Å². The number of unbranched alkanes of at least 4 members (excludes halogenated alkanes) is 1. The quantitative estimate of drug-likeness (QED) is 0.521. The minimum absolute atomic E-state index is 0.890. The Morgan fingerprint density at radius 2 is 2.43 bits per heavy atom. The number of halogens is 1. The predicted molar refractivity (Wildman–Crippen MR) is 33.9 cm³/mol.